The molecule has 6 nitrogen and oxygen atoms in total. The minimum absolute atomic E-state index is 0.125. The molecule has 1 aliphatic carbocycles. The van der Waals surface area contributed by atoms with Crippen LogP contribution in [0.25, 0.3) is 0 Å². The van der Waals surface area contributed by atoms with Gasteiger partial charge in [-0.25, -0.2) is 13.1 Å². The molecule has 3 rings (SSSR count). The first-order valence-corrected chi connectivity index (χ1v) is 10.8. The van der Waals surface area contributed by atoms with Crippen LogP contribution in [-0.2, 0) is 10.0 Å². The number of rotatable bonds is 8. The molecule has 1 aromatic carbocycles. The zero-order valence-corrected chi connectivity index (χ0v) is 15.9. The molecular formula is C17H26ClN3O3S. The van der Waals surface area contributed by atoms with E-state index in [-0.39, 0.29) is 4.90 Å². The summed E-state index contributed by atoms with van der Waals surface area (Å²) in [4.78, 5) is 2.37. The van der Waals surface area contributed by atoms with Crippen molar-refractivity contribution in [3.8, 4) is 5.75 Å². The molecule has 25 heavy (non-hydrogen) atoms. The second-order valence-corrected chi connectivity index (χ2v) is 8.86. The predicted octanol–water partition coefficient (Wildman–Crippen LogP) is 1.70. The third-order valence-electron chi connectivity index (χ3n) is 4.82. The lowest BCUT2D eigenvalue weighted by atomic mass is 9.86. The molecule has 2 N–H and O–H groups in total. The number of benzene rings is 1. The van der Waals surface area contributed by atoms with E-state index in [1.165, 1.54) is 12.5 Å². The Bertz CT molecular complexity index is 674. The van der Waals surface area contributed by atoms with Gasteiger partial charge in [0.2, 0.25) is 10.0 Å². The normalized spacial score (nSPS) is 19.6. The van der Waals surface area contributed by atoms with E-state index in [4.69, 9.17) is 16.3 Å². The van der Waals surface area contributed by atoms with Gasteiger partial charge in [0.25, 0.3) is 0 Å². The third-order valence-corrected chi connectivity index (χ3v) is 6.54. The standard InChI is InChI=1S/C17H26ClN3O3S/c18-15-4-5-16(24-13-14-2-1-3-14)17(12-15)25(22,23)20-8-11-21-9-6-19-7-10-21/h4-5,12,14,19-20H,1-3,6-11,13H2. The third kappa shape index (κ3) is 5.31. The fourth-order valence-electron chi connectivity index (χ4n) is 3.03. The van der Waals surface area contributed by atoms with Gasteiger partial charge in [-0.1, -0.05) is 18.0 Å². The maximum absolute atomic E-state index is 12.7. The number of nitrogens with zero attached hydrogens (tertiary/aromatic N) is 1. The summed E-state index contributed by atoms with van der Waals surface area (Å²) in [6.45, 7) is 5.39. The van der Waals surface area contributed by atoms with Crippen molar-refractivity contribution in [3.05, 3.63) is 23.2 Å². The van der Waals surface area contributed by atoms with Gasteiger partial charge in [0, 0.05) is 44.3 Å². The topological polar surface area (TPSA) is 70.7 Å². The molecule has 2 fully saturated rings. The summed E-state index contributed by atoms with van der Waals surface area (Å²) in [6, 6.07) is 4.77. The van der Waals surface area contributed by atoms with Crippen LogP contribution in [0.5, 0.6) is 5.75 Å². The first-order chi connectivity index (χ1) is 12.0. The SMILES string of the molecule is O=S(=O)(NCCN1CCNCC1)c1cc(Cl)ccc1OCC1CCC1. The molecule has 1 aliphatic heterocycles. The summed E-state index contributed by atoms with van der Waals surface area (Å²) >= 11 is 6.02. The average Bonchev–Trinajstić information content (AvgIpc) is 2.55. The van der Waals surface area contributed by atoms with Crippen LogP contribution in [0, 0.1) is 5.92 Å². The van der Waals surface area contributed by atoms with E-state index in [1.54, 1.807) is 12.1 Å². The Kier molecular flexibility index (Phi) is 6.57. The molecule has 1 saturated carbocycles. The highest BCUT2D eigenvalue weighted by Crippen LogP contribution is 2.31. The molecule has 1 saturated heterocycles. The Labute approximate surface area is 154 Å². The van der Waals surface area contributed by atoms with Crippen LogP contribution < -0.4 is 14.8 Å². The molecular weight excluding hydrogens is 362 g/mol. The zero-order chi connectivity index (χ0) is 17.7. The minimum Gasteiger partial charge on any atom is -0.492 e. The van der Waals surface area contributed by atoms with E-state index in [1.807, 2.05) is 0 Å². The smallest absolute Gasteiger partial charge is 0.244 e. The molecule has 140 valence electrons. The van der Waals surface area contributed by atoms with Gasteiger partial charge >= 0.3 is 0 Å². The highest BCUT2D eigenvalue weighted by atomic mass is 35.5. The van der Waals surface area contributed by atoms with Crippen molar-refractivity contribution in [2.45, 2.75) is 24.2 Å². The maximum atomic E-state index is 12.7. The van der Waals surface area contributed by atoms with Crippen molar-refractivity contribution in [2.75, 3.05) is 45.9 Å². The van der Waals surface area contributed by atoms with Crippen molar-refractivity contribution in [1.82, 2.24) is 14.9 Å². The second-order valence-electron chi connectivity index (χ2n) is 6.69. The molecule has 1 heterocycles. The molecule has 0 unspecified atom stereocenters. The van der Waals surface area contributed by atoms with E-state index >= 15 is 0 Å². The van der Waals surface area contributed by atoms with Gasteiger partial charge in [-0.15, -0.1) is 0 Å². The Morgan fingerprint density at radius 3 is 2.72 bits per heavy atom. The number of halogens is 1. The van der Waals surface area contributed by atoms with Gasteiger partial charge in [-0.2, -0.15) is 0 Å². The summed E-state index contributed by atoms with van der Waals surface area (Å²) in [5.74, 6) is 0.915. The summed E-state index contributed by atoms with van der Waals surface area (Å²) in [5.41, 5.74) is 0. The van der Waals surface area contributed by atoms with E-state index in [0.717, 1.165) is 39.0 Å². The average molecular weight is 388 g/mol. The van der Waals surface area contributed by atoms with Gasteiger partial charge in [-0.05, 0) is 37.0 Å². The Morgan fingerprint density at radius 2 is 2.04 bits per heavy atom. The van der Waals surface area contributed by atoms with Gasteiger partial charge in [0.05, 0.1) is 6.61 Å². The lowest BCUT2D eigenvalue weighted by Crippen LogP contribution is -2.46. The van der Waals surface area contributed by atoms with Crippen molar-refractivity contribution in [1.29, 1.82) is 0 Å². The van der Waals surface area contributed by atoms with E-state index < -0.39 is 10.0 Å². The van der Waals surface area contributed by atoms with Crippen LogP contribution in [0.2, 0.25) is 5.02 Å². The van der Waals surface area contributed by atoms with Gasteiger partial charge in [0.15, 0.2) is 0 Å². The van der Waals surface area contributed by atoms with Crippen LogP contribution in [-0.4, -0.2) is 59.2 Å². The number of piperazine rings is 1. The lowest BCUT2D eigenvalue weighted by molar-refractivity contribution is 0.177. The van der Waals surface area contributed by atoms with E-state index in [2.05, 4.69) is 14.9 Å². The number of hydrogen-bond acceptors (Lipinski definition) is 5. The monoisotopic (exact) mass is 387 g/mol. The van der Waals surface area contributed by atoms with Crippen LogP contribution >= 0.6 is 11.6 Å². The highest BCUT2D eigenvalue weighted by Gasteiger charge is 2.23. The molecule has 0 aromatic heterocycles. The van der Waals surface area contributed by atoms with Gasteiger partial charge in [-0.3, -0.25) is 4.90 Å². The fourth-order valence-corrected chi connectivity index (χ4v) is 4.46. The maximum Gasteiger partial charge on any atom is 0.244 e. The first-order valence-electron chi connectivity index (χ1n) is 8.90. The van der Waals surface area contributed by atoms with Crippen LogP contribution in [0.15, 0.2) is 23.1 Å². The van der Waals surface area contributed by atoms with Crippen LogP contribution in [0.3, 0.4) is 0 Å². The molecule has 0 amide bonds. The van der Waals surface area contributed by atoms with Crippen LogP contribution in [0.4, 0.5) is 0 Å². The molecule has 0 atom stereocenters. The minimum atomic E-state index is -3.65. The number of hydrogen-bond donors (Lipinski definition) is 2. The number of ether oxygens (including phenoxy) is 1. The fraction of sp³-hybridized carbons (Fsp3) is 0.647. The van der Waals surface area contributed by atoms with Gasteiger partial charge < -0.3 is 10.1 Å². The number of sulfonamides is 1. The first kappa shape index (κ1) is 18.9. The summed E-state index contributed by atoms with van der Waals surface area (Å²) in [6.07, 6.45) is 3.53. The predicted molar refractivity (Wildman–Crippen MR) is 98.8 cm³/mol. The summed E-state index contributed by atoms with van der Waals surface area (Å²) < 4.78 is 33.8. The van der Waals surface area contributed by atoms with Crippen molar-refractivity contribution >= 4 is 21.6 Å². The highest BCUT2D eigenvalue weighted by molar-refractivity contribution is 7.89. The van der Waals surface area contributed by atoms with Crippen LogP contribution in [0.1, 0.15) is 19.3 Å². The van der Waals surface area contributed by atoms with Crippen molar-refractivity contribution < 1.29 is 13.2 Å². The molecule has 2 aliphatic rings. The molecule has 0 radical (unpaired) electrons. The van der Waals surface area contributed by atoms with E-state index in [9.17, 15) is 8.42 Å². The van der Waals surface area contributed by atoms with Gasteiger partial charge in [0.1, 0.15) is 10.6 Å². The molecule has 0 bridgehead atoms. The largest absolute Gasteiger partial charge is 0.492 e. The molecule has 0 spiro atoms. The second kappa shape index (κ2) is 8.68. The Morgan fingerprint density at radius 1 is 1.28 bits per heavy atom. The Balaban J connectivity index is 1.61. The summed E-state index contributed by atoms with van der Waals surface area (Å²) in [7, 11) is -3.65. The van der Waals surface area contributed by atoms with Crippen molar-refractivity contribution in [3.63, 3.8) is 0 Å². The quantitative estimate of drug-likeness (QED) is 0.710. The molecule has 1 aromatic rings. The zero-order valence-electron chi connectivity index (χ0n) is 14.3. The Hall–Kier alpha value is -0.860. The van der Waals surface area contributed by atoms with Crippen molar-refractivity contribution in [2.24, 2.45) is 5.92 Å². The molecule has 8 heteroatoms. The summed E-state index contributed by atoms with van der Waals surface area (Å²) in [5, 5.41) is 3.67. The lowest BCUT2D eigenvalue weighted by Gasteiger charge is -2.27. The number of nitrogens with one attached hydrogen (secondary N) is 2. The van der Waals surface area contributed by atoms with E-state index in [0.29, 0.717) is 36.4 Å².